The average molecular weight is 245 g/mol. The van der Waals surface area contributed by atoms with E-state index in [0.29, 0.717) is 17.8 Å². The molecule has 2 heteroatoms. The van der Waals surface area contributed by atoms with Crippen molar-refractivity contribution in [3.8, 4) is 0 Å². The van der Waals surface area contributed by atoms with Crippen molar-refractivity contribution in [1.29, 1.82) is 0 Å². The maximum absolute atomic E-state index is 13.5. The molecule has 0 radical (unpaired) electrons. The van der Waals surface area contributed by atoms with E-state index in [-0.39, 0.29) is 5.82 Å². The standard InChI is InChI=1S/C16H20FN/c1-11-10-18-15-8-7-13(17)9-14(15)16(11)12-5-3-2-4-6-12/h7-12,16H,2-6H2,1H3. The summed E-state index contributed by atoms with van der Waals surface area (Å²) >= 11 is 0. The first-order valence-corrected chi connectivity index (χ1v) is 7.09. The summed E-state index contributed by atoms with van der Waals surface area (Å²) in [7, 11) is 0. The Kier molecular flexibility index (Phi) is 3.19. The van der Waals surface area contributed by atoms with Gasteiger partial charge in [0.2, 0.25) is 0 Å². The number of halogens is 1. The lowest BCUT2D eigenvalue weighted by atomic mass is 9.70. The van der Waals surface area contributed by atoms with Gasteiger partial charge in [-0.25, -0.2) is 4.39 Å². The first-order valence-electron chi connectivity index (χ1n) is 7.09. The topological polar surface area (TPSA) is 12.4 Å². The number of hydrogen-bond donors (Lipinski definition) is 0. The highest BCUT2D eigenvalue weighted by Gasteiger charge is 2.32. The van der Waals surface area contributed by atoms with Crippen molar-refractivity contribution in [1.82, 2.24) is 0 Å². The smallest absolute Gasteiger partial charge is 0.123 e. The quantitative estimate of drug-likeness (QED) is 0.671. The third kappa shape index (κ3) is 2.09. The van der Waals surface area contributed by atoms with Gasteiger partial charge in [-0.05, 0) is 54.4 Å². The van der Waals surface area contributed by atoms with Crippen LogP contribution in [0.5, 0.6) is 0 Å². The lowest BCUT2D eigenvalue weighted by Gasteiger charge is -2.36. The average Bonchev–Trinajstić information content (AvgIpc) is 2.39. The molecule has 1 nitrogen and oxygen atoms in total. The molecule has 2 unspecified atom stereocenters. The van der Waals surface area contributed by atoms with E-state index >= 15 is 0 Å². The maximum Gasteiger partial charge on any atom is 0.123 e. The molecule has 0 aromatic heterocycles. The summed E-state index contributed by atoms with van der Waals surface area (Å²) in [6.07, 6.45) is 8.66. The van der Waals surface area contributed by atoms with Crippen LogP contribution in [0.2, 0.25) is 0 Å². The number of benzene rings is 1. The Hall–Kier alpha value is -1.18. The van der Waals surface area contributed by atoms with Gasteiger partial charge in [-0.2, -0.15) is 0 Å². The van der Waals surface area contributed by atoms with Crippen LogP contribution in [0.15, 0.2) is 23.2 Å². The van der Waals surface area contributed by atoms with Crippen LogP contribution < -0.4 is 0 Å². The first kappa shape index (κ1) is 11.9. The van der Waals surface area contributed by atoms with E-state index in [1.54, 1.807) is 6.07 Å². The number of hydrogen-bond acceptors (Lipinski definition) is 1. The van der Waals surface area contributed by atoms with Crippen molar-refractivity contribution in [2.45, 2.75) is 44.9 Å². The number of rotatable bonds is 1. The number of fused-ring (bicyclic) bond motifs is 1. The van der Waals surface area contributed by atoms with E-state index in [4.69, 9.17) is 0 Å². The molecule has 1 fully saturated rings. The minimum absolute atomic E-state index is 0.126. The molecule has 1 aliphatic carbocycles. The molecule has 0 amide bonds. The summed E-state index contributed by atoms with van der Waals surface area (Å²) in [6, 6.07) is 5.05. The van der Waals surface area contributed by atoms with E-state index in [1.165, 1.54) is 38.2 Å². The minimum atomic E-state index is -0.126. The van der Waals surface area contributed by atoms with Gasteiger partial charge in [0.15, 0.2) is 0 Å². The molecule has 1 saturated carbocycles. The second-order valence-corrected chi connectivity index (χ2v) is 5.76. The summed E-state index contributed by atoms with van der Waals surface area (Å²) in [4.78, 5) is 4.47. The van der Waals surface area contributed by atoms with Gasteiger partial charge in [0.1, 0.15) is 5.82 Å². The van der Waals surface area contributed by atoms with Crippen molar-refractivity contribution in [3.63, 3.8) is 0 Å². The van der Waals surface area contributed by atoms with Gasteiger partial charge < -0.3 is 0 Å². The van der Waals surface area contributed by atoms with E-state index < -0.39 is 0 Å². The van der Waals surface area contributed by atoms with Gasteiger partial charge >= 0.3 is 0 Å². The van der Waals surface area contributed by atoms with Gasteiger partial charge in [0, 0.05) is 6.21 Å². The van der Waals surface area contributed by atoms with Crippen LogP contribution in [0.4, 0.5) is 10.1 Å². The van der Waals surface area contributed by atoms with Crippen molar-refractivity contribution >= 4 is 11.9 Å². The molecule has 3 rings (SSSR count). The van der Waals surface area contributed by atoms with Crippen LogP contribution in [0.1, 0.15) is 50.5 Å². The minimum Gasteiger partial charge on any atom is -0.261 e. The lowest BCUT2D eigenvalue weighted by Crippen LogP contribution is -2.25. The molecule has 18 heavy (non-hydrogen) atoms. The molecule has 0 saturated heterocycles. The van der Waals surface area contributed by atoms with Crippen molar-refractivity contribution < 1.29 is 4.39 Å². The first-order chi connectivity index (χ1) is 8.75. The third-order valence-corrected chi connectivity index (χ3v) is 4.52. The highest BCUT2D eigenvalue weighted by Crippen LogP contribution is 2.45. The van der Waals surface area contributed by atoms with E-state index in [9.17, 15) is 4.39 Å². The van der Waals surface area contributed by atoms with Crippen molar-refractivity contribution in [3.05, 3.63) is 29.6 Å². The molecule has 0 bridgehead atoms. The second-order valence-electron chi connectivity index (χ2n) is 5.76. The molecule has 1 aliphatic heterocycles. The predicted octanol–water partition coefficient (Wildman–Crippen LogP) is 4.84. The molecule has 0 N–H and O–H groups in total. The van der Waals surface area contributed by atoms with Crippen LogP contribution >= 0.6 is 0 Å². The zero-order chi connectivity index (χ0) is 12.5. The fraction of sp³-hybridized carbons (Fsp3) is 0.562. The molecule has 1 heterocycles. The molecule has 96 valence electrons. The number of aliphatic imine (C=N–C) groups is 1. The van der Waals surface area contributed by atoms with Gasteiger partial charge in [-0.3, -0.25) is 4.99 Å². The van der Waals surface area contributed by atoms with Gasteiger partial charge in [-0.15, -0.1) is 0 Å². The van der Waals surface area contributed by atoms with Crippen LogP contribution in [-0.4, -0.2) is 6.21 Å². The summed E-state index contributed by atoms with van der Waals surface area (Å²) in [5, 5.41) is 0. The fourth-order valence-electron chi connectivity index (χ4n) is 3.66. The van der Waals surface area contributed by atoms with E-state index in [1.807, 2.05) is 6.07 Å². The Balaban J connectivity index is 1.97. The molecule has 1 aromatic rings. The Labute approximate surface area is 108 Å². The van der Waals surface area contributed by atoms with Crippen LogP contribution in [0.3, 0.4) is 0 Å². The van der Waals surface area contributed by atoms with Crippen LogP contribution in [0, 0.1) is 17.7 Å². The molecule has 2 aliphatic rings. The molecular weight excluding hydrogens is 225 g/mol. The molecule has 1 aromatic carbocycles. The Morgan fingerprint density at radius 1 is 1.17 bits per heavy atom. The Morgan fingerprint density at radius 3 is 2.72 bits per heavy atom. The van der Waals surface area contributed by atoms with Crippen LogP contribution in [0.25, 0.3) is 0 Å². The van der Waals surface area contributed by atoms with Gasteiger partial charge in [0.05, 0.1) is 5.69 Å². The predicted molar refractivity (Wildman–Crippen MR) is 73.0 cm³/mol. The largest absolute Gasteiger partial charge is 0.261 e. The molecular formula is C16H20FN. The van der Waals surface area contributed by atoms with E-state index in [0.717, 1.165) is 11.3 Å². The summed E-state index contributed by atoms with van der Waals surface area (Å²) in [5.41, 5.74) is 2.11. The molecule has 0 spiro atoms. The Morgan fingerprint density at radius 2 is 1.94 bits per heavy atom. The van der Waals surface area contributed by atoms with Crippen molar-refractivity contribution in [2.24, 2.45) is 16.8 Å². The third-order valence-electron chi connectivity index (χ3n) is 4.52. The monoisotopic (exact) mass is 245 g/mol. The lowest BCUT2D eigenvalue weighted by molar-refractivity contribution is 0.279. The van der Waals surface area contributed by atoms with E-state index in [2.05, 4.69) is 18.1 Å². The second kappa shape index (κ2) is 4.83. The highest BCUT2D eigenvalue weighted by atomic mass is 19.1. The van der Waals surface area contributed by atoms with Gasteiger partial charge in [0.25, 0.3) is 0 Å². The highest BCUT2D eigenvalue weighted by molar-refractivity contribution is 5.72. The normalized spacial score (nSPS) is 28.1. The van der Waals surface area contributed by atoms with Crippen LogP contribution in [-0.2, 0) is 0 Å². The number of nitrogens with zero attached hydrogens (tertiary/aromatic N) is 1. The summed E-state index contributed by atoms with van der Waals surface area (Å²) in [5.74, 6) is 1.48. The van der Waals surface area contributed by atoms with Gasteiger partial charge in [-0.1, -0.05) is 26.2 Å². The van der Waals surface area contributed by atoms with Crippen molar-refractivity contribution in [2.75, 3.05) is 0 Å². The summed E-state index contributed by atoms with van der Waals surface area (Å²) < 4.78 is 13.5. The fourth-order valence-corrected chi connectivity index (χ4v) is 3.66. The summed E-state index contributed by atoms with van der Waals surface area (Å²) in [6.45, 7) is 2.22. The zero-order valence-electron chi connectivity index (χ0n) is 10.9. The molecule has 2 atom stereocenters. The maximum atomic E-state index is 13.5. The zero-order valence-corrected chi connectivity index (χ0v) is 10.9. The Bertz CT molecular complexity index is 460. The SMILES string of the molecule is CC1C=Nc2ccc(F)cc2C1C1CCCCC1.